The zero-order chi connectivity index (χ0) is 11.1. The van der Waals surface area contributed by atoms with E-state index in [2.05, 4.69) is 35.9 Å². The van der Waals surface area contributed by atoms with Crippen molar-refractivity contribution in [1.82, 2.24) is 0 Å². The van der Waals surface area contributed by atoms with Gasteiger partial charge < -0.3 is 4.74 Å². The second kappa shape index (κ2) is 6.51. The fraction of sp³-hybridized carbons (Fsp3) is 0.417. The maximum atomic E-state index is 10.9. The maximum Gasteiger partial charge on any atom is 0.305 e. The summed E-state index contributed by atoms with van der Waals surface area (Å²) in [7, 11) is 1.42. The first-order valence-corrected chi connectivity index (χ1v) is 6.03. The van der Waals surface area contributed by atoms with E-state index in [1.165, 1.54) is 17.6 Å². The summed E-state index contributed by atoms with van der Waals surface area (Å²) in [4.78, 5) is 12.2. The zero-order valence-electron chi connectivity index (χ0n) is 9.16. The van der Waals surface area contributed by atoms with Gasteiger partial charge >= 0.3 is 5.97 Å². The molecular weight excluding hydrogens is 208 g/mol. The highest BCUT2D eigenvalue weighted by molar-refractivity contribution is 7.99. The van der Waals surface area contributed by atoms with Gasteiger partial charge in [0.25, 0.3) is 0 Å². The Morgan fingerprint density at radius 3 is 2.53 bits per heavy atom. The van der Waals surface area contributed by atoms with Crippen LogP contribution in [0.25, 0.3) is 0 Å². The lowest BCUT2D eigenvalue weighted by molar-refractivity contribution is -0.140. The highest BCUT2D eigenvalue weighted by Crippen LogP contribution is 2.18. The van der Waals surface area contributed by atoms with Gasteiger partial charge in [-0.2, -0.15) is 0 Å². The Hall–Kier alpha value is -0.960. The Balaban J connectivity index is 2.45. The maximum absolute atomic E-state index is 10.9. The number of hydrogen-bond donors (Lipinski definition) is 0. The molecule has 0 saturated heterocycles. The highest BCUT2D eigenvalue weighted by Gasteiger charge is 2.01. The second-order valence-corrected chi connectivity index (χ2v) is 4.49. The van der Waals surface area contributed by atoms with Crippen LogP contribution >= 0.6 is 11.8 Å². The third-order valence-electron chi connectivity index (χ3n) is 2.08. The van der Waals surface area contributed by atoms with Crippen LogP contribution in [0.1, 0.15) is 18.9 Å². The first-order chi connectivity index (χ1) is 7.26. The number of hydrogen-bond acceptors (Lipinski definition) is 3. The van der Waals surface area contributed by atoms with Crippen LogP contribution in [-0.2, 0) is 16.0 Å². The SMILES string of the molecule is CCSc1ccc(CCC(=O)OC)cc1. The minimum absolute atomic E-state index is 0.151. The molecule has 3 heteroatoms. The summed E-state index contributed by atoms with van der Waals surface area (Å²) in [5.74, 6) is 0.934. The van der Waals surface area contributed by atoms with E-state index in [0.717, 1.165) is 12.2 Å². The van der Waals surface area contributed by atoms with Crippen molar-refractivity contribution in [1.29, 1.82) is 0 Å². The molecule has 0 spiro atoms. The predicted octanol–water partition coefficient (Wildman–Crippen LogP) is 2.90. The van der Waals surface area contributed by atoms with Gasteiger partial charge in [-0.1, -0.05) is 19.1 Å². The number of thioether (sulfide) groups is 1. The van der Waals surface area contributed by atoms with Crippen LogP contribution in [0.2, 0.25) is 0 Å². The topological polar surface area (TPSA) is 26.3 Å². The molecule has 1 rings (SSSR count). The van der Waals surface area contributed by atoms with Crippen molar-refractivity contribution in [2.45, 2.75) is 24.7 Å². The van der Waals surface area contributed by atoms with E-state index in [1.807, 2.05) is 11.8 Å². The Morgan fingerprint density at radius 1 is 1.33 bits per heavy atom. The predicted molar refractivity (Wildman–Crippen MR) is 63.2 cm³/mol. The average molecular weight is 224 g/mol. The van der Waals surface area contributed by atoms with Crippen molar-refractivity contribution in [3.63, 3.8) is 0 Å². The van der Waals surface area contributed by atoms with Crippen LogP contribution in [-0.4, -0.2) is 18.8 Å². The van der Waals surface area contributed by atoms with Crippen LogP contribution in [0.4, 0.5) is 0 Å². The van der Waals surface area contributed by atoms with E-state index >= 15 is 0 Å². The van der Waals surface area contributed by atoms with Gasteiger partial charge in [0.05, 0.1) is 7.11 Å². The fourth-order valence-corrected chi connectivity index (χ4v) is 1.93. The summed E-state index contributed by atoms with van der Waals surface area (Å²) in [5.41, 5.74) is 1.18. The standard InChI is InChI=1S/C12H16O2S/c1-3-15-11-7-4-10(5-8-11)6-9-12(13)14-2/h4-5,7-8H,3,6,9H2,1-2H3. The Labute approximate surface area is 95.0 Å². The Kier molecular flexibility index (Phi) is 5.26. The van der Waals surface area contributed by atoms with Gasteiger partial charge in [0.1, 0.15) is 0 Å². The number of benzene rings is 1. The molecule has 82 valence electrons. The molecule has 0 bridgehead atoms. The molecule has 0 aliphatic heterocycles. The molecule has 0 radical (unpaired) electrons. The number of carbonyl (C=O) groups is 1. The van der Waals surface area contributed by atoms with Gasteiger partial charge in [-0.3, -0.25) is 4.79 Å². The van der Waals surface area contributed by atoms with Gasteiger partial charge in [0.15, 0.2) is 0 Å². The minimum atomic E-state index is -0.151. The minimum Gasteiger partial charge on any atom is -0.469 e. The van der Waals surface area contributed by atoms with Crippen molar-refractivity contribution in [2.75, 3.05) is 12.9 Å². The first-order valence-electron chi connectivity index (χ1n) is 5.04. The third-order valence-corrected chi connectivity index (χ3v) is 2.97. The highest BCUT2D eigenvalue weighted by atomic mass is 32.2. The summed E-state index contributed by atoms with van der Waals surface area (Å²) < 4.78 is 4.59. The molecule has 0 aromatic heterocycles. The van der Waals surface area contributed by atoms with Crippen molar-refractivity contribution in [3.05, 3.63) is 29.8 Å². The average Bonchev–Trinajstić information content (AvgIpc) is 2.28. The molecule has 0 N–H and O–H groups in total. The van der Waals surface area contributed by atoms with E-state index in [0.29, 0.717) is 6.42 Å². The molecule has 0 aliphatic carbocycles. The van der Waals surface area contributed by atoms with Crippen molar-refractivity contribution in [2.24, 2.45) is 0 Å². The van der Waals surface area contributed by atoms with Gasteiger partial charge in [0.2, 0.25) is 0 Å². The molecule has 1 aromatic carbocycles. The van der Waals surface area contributed by atoms with Gasteiger partial charge in [0, 0.05) is 11.3 Å². The smallest absolute Gasteiger partial charge is 0.305 e. The molecule has 0 amide bonds. The monoisotopic (exact) mass is 224 g/mol. The van der Waals surface area contributed by atoms with Gasteiger partial charge in [-0.05, 0) is 29.9 Å². The van der Waals surface area contributed by atoms with Gasteiger partial charge in [-0.25, -0.2) is 0 Å². The summed E-state index contributed by atoms with van der Waals surface area (Å²) in [6.45, 7) is 2.13. The second-order valence-electron chi connectivity index (χ2n) is 3.15. The van der Waals surface area contributed by atoms with Crippen molar-refractivity contribution in [3.8, 4) is 0 Å². The molecule has 0 fully saturated rings. The largest absolute Gasteiger partial charge is 0.469 e. The molecule has 1 aromatic rings. The summed E-state index contributed by atoms with van der Waals surface area (Å²) >= 11 is 1.82. The quantitative estimate of drug-likeness (QED) is 0.568. The Bertz CT molecular complexity index is 306. The fourth-order valence-electron chi connectivity index (χ4n) is 1.27. The van der Waals surface area contributed by atoms with Crippen LogP contribution < -0.4 is 0 Å². The van der Waals surface area contributed by atoms with E-state index in [9.17, 15) is 4.79 Å². The lowest BCUT2D eigenvalue weighted by Gasteiger charge is -2.02. The third kappa shape index (κ3) is 4.38. The lowest BCUT2D eigenvalue weighted by atomic mass is 10.1. The molecule has 15 heavy (non-hydrogen) atoms. The van der Waals surface area contributed by atoms with E-state index in [-0.39, 0.29) is 5.97 Å². The first kappa shape index (κ1) is 12.1. The molecule has 0 unspecified atom stereocenters. The van der Waals surface area contributed by atoms with E-state index in [4.69, 9.17) is 0 Å². The van der Waals surface area contributed by atoms with E-state index in [1.54, 1.807) is 0 Å². The van der Waals surface area contributed by atoms with Crippen molar-refractivity contribution < 1.29 is 9.53 Å². The molecule has 0 heterocycles. The zero-order valence-corrected chi connectivity index (χ0v) is 9.97. The lowest BCUT2D eigenvalue weighted by Crippen LogP contribution is -2.01. The molecule has 0 saturated carbocycles. The van der Waals surface area contributed by atoms with Crippen LogP contribution in [0, 0.1) is 0 Å². The molecular formula is C12H16O2S. The number of rotatable bonds is 5. The number of ether oxygens (including phenoxy) is 1. The Morgan fingerprint density at radius 2 is 2.00 bits per heavy atom. The summed E-state index contributed by atoms with van der Waals surface area (Å²) in [6, 6.07) is 8.34. The van der Waals surface area contributed by atoms with Crippen LogP contribution in [0.5, 0.6) is 0 Å². The summed E-state index contributed by atoms with van der Waals surface area (Å²) in [6.07, 6.45) is 1.21. The van der Waals surface area contributed by atoms with Crippen molar-refractivity contribution >= 4 is 17.7 Å². The molecule has 0 atom stereocenters. The molecule has 0 aliphatic rings. The molecule has 2 nitrogen and oxygen atoms in total. The number of aryl methyl sites for hydroxylation is 1. The van der Waals surface area contributed by atoms with Crippen LogP contribution in [0.15, 0.2) is 29.2 Å². The number of methoxy groups -OCH3 is 1. The summed E-state index contributed by atoms with van der Waals surface area (Å²) in [5, 5.41) is 0. The normalized spacial score (nSPS) is 10.0. The number of carbonyl (C=O) groups excluding carboxylic acids is 1. The number of esters is 1. The van der Waals surface area contributed by atoms with E-state index < -0.39 is 0 Å². The van der Waals surface area contributed by atoms with Gasteiger partial charge in [-0.15, -0.1) is 11.8 Å². The van der Waals surface area contributed by atoms with Crippen LogP contribution in [0.3, 0.4) is 0 Å².